The van der Waals surface area contributed by atoms with Crippen molar-refractivity contribution >= 4 is 29.2 Å². The first kappa shape index (κ1) is 15.8. The van der Waals surface area contributed by atoms with Crippen molar-refractivity contribution in [2.24, 2.45) is 11.8 Å². The molecule has 0 unspecified atom stereocenters. The van der Waals surface area contributed by atoms with Crippen LogP contribution in [0.25, 0.3) is 0 Å². The number of carboxylic acid groups (broad SMARTS) is 1. The van der Waals surface area contributed by atoms with Crippen LogP contribution in [0, 0.1) is 11.8 Å². The number of rotatable bonds is 4. The topological polar surface area (TPSA) is 98.3 Å². The van der Waals surface area contributed by atoms with E-state index in [0.29, 0.717) is 24.2 Å². The third-order valence-corrected chi connectivity index (χ3v) is 3.54. The van der Waals surface area contributed by atoms with Gasteiger partial charge < -0.3 is 20.5 Å². The Balaban J connectivity index is 2.03. The average molecular weight is 301 g/mol. The largest absolute Gasteiger partial charge is 0.550 e. The lowest BCUT2D eigenvalue weighted by Gasteiger charge is -2.28. The summed E-state index contributed by atoms with van der Waals surface area (Å²) in [4.78, 5) is 34.3. The number of carbonyl (C=O) groups excluding carboxylic acids is 3. The van der Waals surface area contributed by atoms with Crippen molar-refractivity contribution < 1.29 is 19.5 Å². The Morgan fingerprint density at radius 3 is 1.95 bits per heavy atom. The fourth-order valence-corrected chi connectivity index (χ4v) is 2.44. The Kier molecular flexibility index (Phi) is 4.93. The second-order valence-electron chi connectivity index (χ2n) is 5.22. The smallest absolute Gasteiger partial charge is 0.228 e. The predicted octanol–water partition coefficient (Wildman–Crippen LogP) is 0.916. The molecule has 0 saturated heterocycles. The average Bonchev–Trinajstić information content (AvgIpc) is 2.48. The second kappa shape index (κ2) is 6.89. The van der Waals surface area contributed by atoms with Gasteiger partial charge in [0, 0.05) is 30.2 Å². The van der Waals surface area contributed by atoms with E-state index >= 15 is 0 Å². The molecule has 2 amide bonds. The third kappa shape index (κ3) is 3.94. The molecule has 0 radical (unpaired) electrons. The van der Waals surface area contributed by atoms with Crippen molar-refractivity contribution in [3.8, 4) is 0 Å². The minimum atomic E-state index is -1.20. The number of anilines is 2. The number of hydrogen-bond acceptors (Lipinski definition) is 4. The molecule has 22 heavy (non-hydrogen) atoms. The summed E-state index contributed by atoms with van der Waals surface area (Å²) >= 11 is 0. The number of carboxylic acids is 1. The normalized spacial score (nSPS) is 20.2. The van der Waals surface area contributed by atoms with E-state index in [4.69, 9.17) is 0 Å². The SMILES string of the molecule is CC(=O)Nc1ccc(NC(=O)[C@H]2CC=CC[C@H]2C(=O)[O-])cc1. The van der Waals surface area contributed by atoms with Crippen molar-refractivity contribution in [3.05, 3.63) is 36.4 Å². The van der Waals surface area contributed by atoms with Gasteiger partial charge in [0.15, 0.2) is 0 Å². The van der Waals surface area contributed by atoms with Crippen LogP contribution in [0.5, 0.6) is 0 Å². The molecular formula is C16H17N2O4-. The van der Waals surface area contributed by atoms with E-state index in [0.717, 1.165) is 0 Å². The molecule has 2 rings (SSSR count). The van der Waals surface area contributed by atoms with Crippen molar-refractivity contribution in [3.63, 3.8) is 0 Å². The molecule has 2 atom stereocenters. The maximum Gasteiger partial charge on any atom is 0.228 e. The quantitative estimate of drug-likeness (QED) is 0.808. The van der Waals surface area contributed by atoms with Crippen LogP contribution in [0.2, 0.25) is 0 Å². The highest BCUT2D eigenvalue weighted by molar-refractivity contribution is 5.95. The van der Waals surface area contributed by atoms with Crippen LogP contribution in [-0.4, -0.2) is 17.8 Å². The highest BCUT2D eigenvalue weighted by atomic mass is 16.4. The zero-order valence-corrected chi connectivity index (χ0v) is 12.2. The number of hydrogen-bond donors (Lipinski definition) is 2. The van der Waals surface area contributed by atoms with Crippen LogP contribution in [0.1, 0.15) is 19.8 Å². The van der Waals surface area contributed by atoms with Crippen LogP contribution < -0.4 is 15.7 Å². The molecule has 0 heterocycles. The lowest BCUT2D eigenvalue weighted by atomic mass is 9.82. The van der Waals surface area contributed by atoms with Gasteiger partial charge in [0.1, 0.15) is 0 Å². The molecule has 2 N–H and O–H groups in total. The highest BCUT2D eigenvalue weighted by Gasteiger charge is 2.29. The van der Waals surface area contributed by atoms with Crippen molar-refractivity contribution in [2.45, 2.75) is 19.8 Å². The Morgan fingerprint density at radius 1 is 0.955 bits per heavy atom. The Hall–Kier alpha value is -2.63. The molecule has 1 aromatic carbocycles. The van der Waals surface area contributed by atoms with E-state index in [1.807, 2.05) is 6.08 Å². The Labute approximate surface area is 128 Å². The van der Waals surface area contributed by atoms with E-state index < -0.39 is 17.8 Å². The van der Waals surface area contributed by atoms with Crippen LogP contribution in [0.15, 0.2) is 36.4 Å². The number of nitrogens with one attached hydrogen (secondary N) is 2. The summed E-state index contributed by atoms with van der Waals surface area (Å²) in [5.41, 5.74) is 1.17. The van der Waals surface area contributed by atoms with Crippen LogP contribution in [-0.2, 0) is 14.4 Å². The molecule has 0 aromatic heterocycles. The molecule has 1 aromatic rings. The molecule has 0 spiro atoms. The van der Waals surface area contributed by atoms with E-state index in [-0.39, 0.29) is 11.8 Å². The Morgan fingerprint density at radius 2 is 1.45 bits per heavy atom. The maximum absolute atomic E-state index is 12.2. The summed E-state index contributed by atoms with van der Waals surface area (Å²) < 4.78 is 0. The number of carbonyl (C=O) groups is 3. The molecule has 1 aliphatic carbocycles. The highest BCUT2D eigenvalue weighted by Crippen LogP contribution is 2.26. The summed E-state index contributed by atoms with van der Waals surface area (Å²) in [6.07, 6.45) is 4.26. The molecule has 0 bridgehead atoms. The van der Waals surface area contributed by atoms with E-state index in [9.17, 15) is 19.5 Å². The fourth-order valence-electron chi connectivity index (χ4n) is 2.44. The fraction of sp³-hybridized carbons (Fsp3) is 0.312. The van der Waals surface area contributed by atoms with Gasteiger partial charge in [0.25, 0.3) is 0 Å². The van der Waals surface area contributed by atoms with Gasteiger partial charge in [0.05, 0.1) is 5.92 Å². The zero-order chi connectivity index (χ0) is 16.1. The first-order valence-electron chi connectivity index (χ1n) is 7.01. The van der Waals surface area contributed by atoms with Gasteiger partial charge in [-0.15, -0.1) is 0 Å². The summed E-state index contributed by atoms with van der Waals surface area (Å²) in [7, 11) is 0. The number of aliphatic carboxylic acids is 1. The number of allylic oxidation sites excluding steroid dienone is 2. The first-order chi connectivity index (χ1) is 10.5. The first-order valence-corrected chi connectivity index (χ1v) is 7.01. The minimum Gasteiger partial charge on any atom is -0.550 e. The molecule has 0 aliphatic heterocycles. The van der Waals surface area contributed by atoms with Crippen molar-refractivity contribution in [1.29, 1.82) is 0 Å². The molecule has 1 aliphatic rings. The minimum absolute atomic E-state index is 0.178. The van der Waals surface area contributed by atoms with Gasteiger partial charge in [-0.05, 0) is 37.1 Å². The molecule has 6 heteroatoms. The lowest BCUT2D eigenvalue weighted by molar-refractivity contribution is -0.313. The van der Waals surface area contributed by atoms with Crippen LogP contribution >= 0.6 is 0 Å². The molecular weight excluding hydrogens is 284 g/mol. The monoisotopic (exact) mass is 301 g/mol. The van der Waals surface area contributed by atoms with Crippen molar-refractivity contribution in [2.75, 3.05) is 10.6 Å². The Bertz CT molecular complexity index is 607. The third-order valence-electron chi connectivity index (χ3n) is 3.54. The predicted molar refractivity (Wildman–Crippen MR) is 79.7 cm³/mol. The van der Waals surface area contributed by atoms with E-state index in [1.165, 1.54) is 6.92 Å². The summed E-state index contributed by atoms with van der Waals surface area (Å²) in [5, 5.41) is 16.4. The number of amides is 2. The van der Waals surface area contributed by atoms with Crippen molar-refractivity contribution in [1.82, 2.24) is 0 Å². The zero-order valence-electron chi connectivity index (χ0n) is 12.2. The van der Waals surface area contributed by atoms with Gasteiger partial charge in [-0.1, -0.05) is 12.2 Å². The summed E-state index contributed by atoms with van der Waals surface area (Å²) in [6.45, 7) is 1.41. The molecule has 116 valence electrons. The molecule has 6 nitrogen and oxygen atoms in total. The molecule has 0 saturated carbocycles. The lowest BCUT2D eigenvalue weighted by Crippen LogP contribution is -2.41. The standard InChI is InChI=1S/C16H18N2O4/c1-10(19)17-11-6-8-12(9-7-11)18-15(20)13-4-2-3-5-14(13)16(21)22/h2-3,6-9,13-14H,4-5H2,1H3,(H,17,19)(H,18,20)(H,21,22)/p-1/t13-,14+/m0/s1. The van der Waals surface area contributed by atoms with E-state index in [2.05, 4.69) is 10.6 Å². The van der Waals surface area contributed by atoms with Gasteiger partial charge in [0.2, 0.25) is 11.8 Å². The van der Waals surface area contributed by atoms with Crippen LogP contribution in [0.4, 0.5) is 11.4 Å². The second-order valence-corrected chi connectivity index (χ2v) is 5.22. The molecule has 0 fully saturated rings. The summed E-state index contributed by atoms with van der Waals surface area (Å²) in [5.74, 6) is -3.16. The maximum atomic E-state index is 12.2. The van der Waals surface area contributed by atoms with Gasteiger partial charge in [-0.25, -0.2) is 0 Å². The number of benzene rings is 1. The van der Waals surface area contributed by atoms with Crippen LogP contribution in [0.3, 0.4) is 0 Å². The van der Waals surface area contributed by atoms with Gasteiger partial charge in [-0.3, -0.25) is 9.59 Å². The van der Waals surface area contributed by atoms with E-state index in [1.54, 1.807) is 30.3 Å². The summed E-state index contributed by atoms with van der Waals surface area (Å²) in [6, 6.07) is 6.62. The van der Waals surface area contributed by atoms with Gasteiger partial charge >= 0.3 is 0 Å². The van der Waals surface area contributed by atoms with Gasteiger partial charge in [-0.2, -0.15) is 0 Å².